The fourth-order valence-corrected chi connectivity index (χ4v) is 3.59. The number of rotatable bonds is 3. The van der Waals surface area contributed by atoms with Crippen molar-refractivity contribution in [2.45, 2.75) is 50.2 Å². The van der Waals surface area contributed by atoms with Gasteiger partial charge in [-0.25, -0.2) is 0 Å². The van der Waals surface area contributed by atoms with Crippen LogP contribution in [0.15, 0.2) is 24.3 Å². The normalized spacial score (nSPS) is 27.6. The topological polar surface area (TPSA) is 38.7 Å². The summed E-state index contributed by atoms with van der Waals surface area (Å²) in [4.78, 5) is 0. The Morgan fingerprint density at radius 3 is 2.55 bits per heavy atom. The maximum absolute atomic E-state index is 11.0. The van der Waals surface area contributed by atoms with E-state index in [0.29, 0.717) is 0 Å². The molecule has 1 aliphatic carbocycles. The molecule has 1 aromatic rings. The predicted octanol–water partition coefficient (Wildman–Crippen LogP) is 3.25. The zero-order chi connectivity index (χ0) is 14.2. The van der Waals surface area contributed by atoms with Crippen molar-refractivity contribution in [1.29, 1.82) is 0 Å². The average molecular weight is 276 g/mol. The third-order valence-corrected chi connectivity index (χ3v) is 5.23. The molecule has 1 aliphatic heterocycles. The predicted molar refractivity (Wildman–Crippen MR) is 77.8 cm³/mol. The molecule has 0 aromatic heterocycles. The number of methoxy groups -OCH3 is 1. The van der Waals surface area contributed by atoms with E-state index < -0.39 is 5.60 Å². The van der Waals surface area contributed by atoms with Crippen molar-refractivity contribution in [2.24, 2.45) is 5.92 Å². The van der Waals surface area contributed by atoms with Gasteiger partial charge in [-0.3, -0.25) is 0 Å². The zero-order valence-electron chi connectivity index (χ0n) is 12.4. The van der Waals surface area contributed by atoms with E-state index in [0.717, 1.165) is 43.6 Å². The molecule has 3 rings (SSSR count). The molecule has 0 bridgehead atoms. The van der Waals surface area contributed by atoms with Gasteiger partial charge >= 0.3 is 0 Å². The second-order valence-corrected chi connectivity index (χ2v) is 6.45. The summed E-state index contributed by atoms with van der Waals surface area (Å²) in [6, 6.07) is 7.79. The van der Waals surface area contributed by atoms with Gasteiger partial charge in [-0.2, -0.15) is 0 Å². The van der Waals surface area contributed by atoms with Crippen molar-refractivity contribution in [3.8, 4) is 5.75 Å². The number of hydrogen-bond donors (Lipinski definition) is 1. The van der Waals surface area contributed by atoms with Crippen molar-refractivity contribution in [2.75, 3.05) is 13.7 Å². The summed E-state index contributed by atoms with van der Waals surface area (Å²) in [6.45, 7) is 2.72. The van der Waals surface area contributed by atoms with Crippen molar-refractivity contribution in [1.82, 2.24) is 0 Å². The highest BCUT2D eigenvalue weighted by molar-refractivity contribution is 5.31. The molecule has 3 nitrogen and oxygen atoms in total. The Balaban J connectivity index is 1.78. The smallest absolute Gasteiger partial charge is 0.118 e. The van der Waals surface area contributed by atoms with E-state index in [4.69, 9.17) is 9.47 Å². The van der Waals surface area contributed by atoms with Crippen LogP contribution < -0.4 is 4.74 Å². The van der Waals surface area contributed by atoms with E-state index in [1.165, 1.54) is 6.42 Å². The van der Waals surface area contributed by atoms with Gasteiger partial charge in [0.1, 0.15) is 5.75 Å². The van der Waals surface area contributed by atoms with E-state index in [1.54, 1.807) is 7.11 Å². The number of ether oxygens (including phenoxy) is 2. The summed E-state index contributed by atoms with van der Waals surface area (Å²) in [5.41, 5.74) is 0.248. The number of benzene rings is 1. The lowest BCUT2D eigenvalue weighted by atomic mass is 9.67. The summed E-state index contributed by atoms with van der Waals surface area (Å²) in [7, 11) is 1.66. The van der Waals surface area contributed by atoms with Gasteiger partial charge in [0.2, 0.25) is 0 Å². The highest BCUT2D eigenvalue weighted by atomic mass is 16.5. The minimum absolute atomic E-state index is 0.0688. The van der Waals surface area contributed by atoms with Crippen LogP contribution >= 0.6 is 0 Å². The molecule has 1 heterocycles. The van der Waals surface area contributed by atoms with Crippen LogP contribution in [0.1, 0.15) is 44.6 Å². The molecule has 2 fully saturated rings. The van der Waals surface area contributed by atoms with Crippen LogP contribution in [-0.2, 0) is 10.3 Å². The molecule has 1 N–H and O–H groups in total. The first kappa shape index (κ1) is 13.9. The molecule has 1 spiro atoms. The summed E-state index contributed by atoms with van der Waals surface area (Å²) in [5, 5.41) is 11.0. The van der Waals surface area contributed by atoms with Crippen molar-refractivity contribution >= 4 is 0 Å². The first-order valence-electron chi connectivity index (χ1n) is 7.57. The molecule has 2 aliphatic rings. The quantitative estimate of drug-likeness (QED) is 0.921. The monoisotopic (exact) mass is 276 g/mol. The molecule has 0 amide bonds. The second-order valence-electron chi connectivity index (χ2n) is 6.45. The van der Waals surface area contributed by atoms with Crippen molar-refractivity contribution in [3.05, 3.63) is 29.8 Å². The van der Waals surface area contributed by atoms with Gasteiger partial charge < -0.3 is 14.6 Å². The highest BCUT2D eigenvalue weighted by Gasteiger charge is 2.47. The van der Waals surface area contributed by atoms with Gasteiger partial charge in [0, 0.05) is 6.61 Å². The molecule has 1 saturated carbocycles. The molecule has 110 valence electrons. The maximum Gasteiger partial charge on any atom is 0.118 e. The van der Waals surface area contributed by atoms with Gasteiger partial charge in [0.15, 0.2) is 0 Å². The third kappa shape index (κ3) is 2.33. The zero-order valence-corrected chi connectivity index (χ0v) is 12.4. The Hall–Kier alpha value is -1.06. The van der Waals surface area contributed by atoms with Gasteiger partial charge in [-0.05, 0) is 62.6 Å². The van der Waals surface area contributed by atoms with Crippen LogP contribution in [0.4, 0.5) is 0 Å². The van der Waals surface area contributed by atoms with Crippen LogP contribution in [-0.4, -0.2) is 24.4 Å². The lowest BCUT2D eigenvalue weighted by molar-refractivity contribution is -0.174. The Kier molecular flexibility index (Phi) is 3.51. The molecule has 2 atom stereocenters. The van der Waals surface area contributed by atoms with E-state index in [9.17, 15) is 5.11 Å². The Bertz CT molecular complexity index is 460. The van der Waals surface area contributed by atoms with Crippen LogP contribution in [0, 0.1) is 5.92 Å². The SMILES string of the molecule is COc1ccc(C(C)(O)C2CCOC3(CCC3)C2)cc1. The molecular formula is C17H24O3. The largest absolute Gasteiger partial charge is 0.497 e. The van der Waals surface area contributed by atoms with E-state index in [1.807, 2.05) is 31.2 Å². The lowest BCUT2D eigenvalue weighted by Crippen LogP contribution is -2.49. The summed E-state index contributed by atoms with van der Waals surface area (Å²) < 4.78 is 11.2. The first-order valence-corrected chi connectivity index (χ1v) is 7.57. The minimum atomic E-state index is -0.793. The fourth-order valence-electron chi connectivity index (χ4n) is 3.59. The van der Waals surface area contributed by atoms with Crippen LogP contribution in [0.3, 0.4) is 0 Å². The number of hydrogen-bond acceptors (Lipinski definition) is 3. The van der Waals surface area contributed by atoms with Crippen LogP contribution in [0.2, 0.25) is 0 Å². The second kappa shape index (κ2) is 5.05. The van der Waals surface area contributed by atoms with Crippen LogP contribution in [0.5, 0.6) is 5.75 Å². The number of aliphatic hydroxyl groups is 1. The third-order valence-electron chi connectivity index (χ3n) is 5.23. The molecular weight excluding hydrogens is 252 g/mol. The maximum atomic E-state index is 11.0. The van der Waals surface area contributed by atoms with Gasteiger partial charge in [0.25, 0.3) is 0 Å². The Morgan fingerprint density at radius 1 is 1.30 bits per heavy atom. The van der Waals surface area contributed by atoms with Crippen LogP contribution in [0.25, 0.3) is 0 Å². The summed E-state index contributed by atoms with van der Waals surface area (Å²) in [5.74, 6) is 1.09. The van der Waals surface area contributed by atoms with Gasteiger partial charge in [-0.1, -0.05) is 12.1 Å². The summed E-state index contributed by atoms with van der Waals surface area (Å²) >= 11 is 0. The summed E-state index contributed by atoms with van der Waals surface area (Å²) in [6.07, 6.45) is 5.48. The van der Waals surface area contributed by atoms with Gasteiger partial charge in [0.05, 0.1) is 18.3 Å². The standard InChI is InChI=1S/C17H24O3/c1-16(18,13-4-6-15(19-2)7-5-13)14-8-11-20-17(12-14)9-3-10-17/h4-7,14,18H,3,8-12H2,1-2H3. The fraction of sp³-hybridized carbons (Fsp3) is 0.647. The Labute approximate surface area is 120 Å². The molecule has 0 radical (unpaired) electrons. The van der Waals surface area contributed by atoms with Gasteiger partial charge in [-0.15, -0.1) is 0 Å². The molecule has 1 aromatic carbocycles. The minimum Gasteiger partial charge on any atom is -0.497 e. The highest BCUT2D eigenvalue weighted by Crippen LogP contribution is 2.48. The van der Waals surface area contributed by atoms with Crippen molar-refractivity contribution in [3.63, 3.8) is 0 Å². The van der Waals surface area contributed by atoms with Crippen molar-refractivity contribution < 1.29 is 14.6 Å². The molecule has 2 unspecified atom stereocenters. The average Bonchev–Trinajstić information content (AvgIpc) is 2.46. The Morgan fingerprint density at radius 2 is 2.00 bits per heavy atom. The van der Waals surface area contributed by atoms with E-state index >= 15 is 0 Å². The molecule has 3 heteroatoms. The van der Waals surface area contributed by atoms with E-state index in [-0.39, 0.29) is 11.5 Å². The first-order chi connectivity index (χ1) is 9.56. The van der Waals surface area contributed by atoms with E-state index in [2.05, 4.69) is 0 Å². The molecule has 20 heavy (non-hydrogen) atoms. The lowest BCUT2D eigenvalue weighted by Gasteiger charge is -2.50. The molecule has 1 saturated heterocycles.